The van der Waals surface area contributed by atoms with Crippen molar-refractivity contribution in [2.24, 2.45) is 0 Å². The Hall–Kier alpha value is -3.68. The number of hydrogen-bond acceptors (Lipinski definition) is 5. The molecule has 0 fully saturated rings. The van der Waals surface area contributed by atoms with Crippen molar-refractivity contribution in [3.8, 4) is 5.75 Å². The van der Waals surface area contributed by atoms with Crippen molar-refractivity contribution >= 4 is 22.5 Å². The molecule has 0 spiro atoms. The van der Waals surface area contributed by atoms with Gasteiger partial charge in [0.25, 0.3) is 0 Å². The molecule has 5 nitrogen and oxygen atoms in total. The standard InChI is InChI=1S/C22H17F3N4O/c1-13-8-10-27-21(28-13)29-18-12-17(22(23,24)25)7-6-15(18)11-16-5-4-14-3-2-9-26-19(14)20(16)30/h2-10,12,30H,11H2,1H3,(H,27,28,29). The Bertz CT molecular complexity index is 1220. The number of aromatic hydroxyl groups is 1. The molecule has 30 heavy (non-hydrogen) atoms. The minimum absolute atomic E-state index is 0.00533. The van der Waals surface area contributed by atoms with Crippen LogP contribution in [0.4, 0.5) is 24.8 Å². The topological polar surface area (TPSA) is 70.9 Å². The number of phenolic OH excluding ortho intramolecular Hbond substituents is 1. The molecule has 2 aromatic carbocycles. The number of nitrogens with zero attached hydrogens (tertiary/aromatic N) is 3. The largest absolute Gasteiger partial charge is 0.505 e. The molecular weight excluding hydrogens is 393 g/mol. The number of phenols is 1. The van der Waals surface area contributed by atoms with Crippen LogP contribution >= 0.6 is 0 Å². The van der Waals surface area contributed by atoms with E-state index in [-0.39, 0.29) is 23.8 Å². The van der Waals surface area contributed by atoms with Gasteiger partial charge < -0.3 is 10.4 Å². The van der Waals surface area contributed by atoms with E-state index in [0.717, 1.165) is 17.5 Å². The van der Waals surface area contributed by atoms with Gasteiger partial charge in [0.05, 0.1) is 5.56 Å². The second kappa shape index (κ2) is 7.62. The third kappa shape index (κ3) is 4.03. The fourth-order valence-electron chi connectivity index (χ4n) is 3.17. The van der Waals surface area contributed by atoms with Gasteiger partial charge in [0.1, 0.15) is 11.3 Å². The van der Waals surface area contributed by atoms with E-state index in [1.807, 2.05) is 12.1 Å². The fraction of sp³-hybridized carbons (Fsp3) is 0.136. The molecule has 0 radical (unpaired) electrons. The average molecular weight is 410 g/mol. The zero-order valence-electron chi connectivity index (χ0n) is 15.9. The number of anilines is 2. The zero-order valence-corrected chi connectivity index (χ0v) is 15.9. The van der Waals surface area contributed by atoms with Gasteiger partial charge in [-0.2, -0.15) is 13.2 Å². The van der Waals surface area contributed by atoms with Gasteiger partial charge >= 0.3 is 6.18 Å². The molecule has 8 heteroatoms. The third-order valence-electron chi connectivity index (χ3n) is 4.69. The number of fused-ring (bicyclic) bond motifs is 1. The van der Waals surface area contributed by atoms with Crippen molar-refractivity contribution in [2.75, 3.05) is 5.32 Å². The summed E-state index contributed by atoms with van der Waals surface area (Å²) in [6.07, 6.45) is -1.19. The molecule has 0 unspecified atom stereocenters. The first kappa shape index (κ1) is 19.6. The summed E-state index contributed by atoms with van der Waals surface area (Å²) in [4.78, 5) is 12.5. The summed E-state index contributed by atoms with van der Waals surface area (Å²) in [5.74, 6) is 0.200. The summed E-state index contributed by atoms with van der Waals surface area (Å²) >= 11 is 0. The summed E-state index contributed by atoms with van der Waals surface area (Å²) in [6, 6.07) is 12.3. The van der Waals surface area contributed by atoms with Crippen molar-refractivity contribution in [3.63, 3.8) is 0 Å². The summed E-state index contributed by atoms with van der Waals surface area (Å²) in [6.45, 7) is 1.76. The second-order valence-corrected chi connectivity index (χ2v) is 6.84. The number of pyridine rings is 1. The first-order valence-electron chi connectivity index (χ1n) is 9.13. The van der Waals surface area contributed by atoms with Crippen LogP contribution in [0.1, 0.15) is 22.4 Å². The Morgan fingerprint density at radius 1 is 0.967 bits per heavy atom. The fourth-order valence-corrected chi connectivity index (χ4v) is 3.17. The Balaban J connectivity index is 1.76. The maximum atomic E-state index is 13.3. The van der Waals surface area contributed by atoms with E-state index < -0.39 is 11.7 Å². The van der Waals surface area contributed by atoms with E-state index in [1.165, 1.54) is 12.3 Å². The van der Waals surface area contributed by atoms with E-state index in [9.17, 15) is 18.3 Å². The van der Waals surface area contributed by atoms with E-state index in [0.29, 0.717) is 22.3 Å². The Kier molecular flexibility index (Phi) is 4.99. The third-order valence-corrected chi connectivity index (χ3v) is 4.69. The lowest BCUT2D eigenvalue weighted by Gasteiger charge is -2.16. The molecule has 0 saturated heterocycles. The number of aryl methyl sites for hydroxylation is 1. The Morgan fingerprint density at radius 2 is 1.77 bits per heavy atom. The van der Waals surface area contributed by atoms with Crippen LogP contribution in [-0.4, -0.2) is 20.1 Å². The number of aromatic nitrogens is 3. The average Bonchev–Trinajstić information content (AvgIpc) is 2.71. The predicted molar refractivity (Wildman–Crippen MR) is 108 cm³/mol. The minimum atomic E-state index is -4.49. The molecule has 152 valence electrons. The zero-order chi connectivity index (χ0) is 21.3. The van der Waals surface area contributed by atoms with E-state index in [1.54, 1.807) is 31.3 Å². The van der Waals surface area contributed by atoms with Gasteiger partial charge in [-0.05, 0) is 36.8 Å². The Morgan fingerprint density at radius 3 is 2.53 bits per heavy atom. The van der Waals surface area contributed by atoms with E-state index in [4.69, 9.17) is 0 Å². The molecule has 2 heterocycles. The molecule has 2 N–H and O–H groups in total. The monoisotopic (exact) mass is 410 g/mol. The highest BCUT2D eigenvalue weighted by atomic mass is 19.4. The van der Waals surface area contributed by atoms with Crippen LogP contribution in [0.2, 0.25) is 0 Å². The van der Waals surface area contributed by atoms with Crippen LogP contribution in [0.5, 0.6) is 5.75 Å². The molecule has 0 atom stereocenters. The first-order valence-corrected chi connectivity index (χ1v) is 9.13. The molecule has 0 bridgehead atoms. The first-order chi connectivity index (χ1) is 14.3. The van der Waals surface area contributed by atoms with Crippen LogP contribution in [0.25, 0.3) is 10.9 Å². The van der Waals surface area contributed by atoms with Crippen molar-refractivity contribution in [1.29, 1.82) is 0 Å². The summed E-state index contributed by atoms with van der Waals surface area (Å²) in [5, 5.41) is 14.3. The number of halogens is 3. The number of hydrogen-bond donors (Lipinski definition) is 2. The molecule has 2 aromatic heterocycles. The highest BCUT2D eigenvalue weighted by molar-refractivity contribution is 5.85. The minimum Gasteiger partial charge on any atom is -0.505 e. The Labute approximate surface area is 170 Å². The lowest BCUT2D eigenvalue weighted by molar-refractivity contribution is -0.137. The summed E-state index contributed by atoms with van der Waals surface area (Å²) in [5.41, 5.74) is 1.66. The predicted octanol–water partition coefficient (Wildman–Crippen LogP) is 5.39. The van der Waals surface area contributed by atoms with Crippen molar-refractivity contribution in [2.45, 2.75) is 19.5 Å². The molecule has 0 aliphatic heterocycles. The van der Waals surface area contributed by atoms with Gasteiger partial charge in [0.15, 0.2) is 0 Å². The van der Waals surface area contributed by atoms with Gasteiger partial charge in [-0.15, -0.1) is 0 Å². The van der Waals surface area contributed by atoms with Crippen molar-refractivity contribution in [1.82, 2.24) is 15.0 Å². The van der Waals surface area contributed by atoms with Crippen molar-refractivity contribution in [3.05, 3.63) is 83.3 Å². The maximum absolute atomic E-state index is 13.3. The summed E-state index contributed by atoms with van der Waals surface area (Å²) < 4.78 is 39.8. The molecule has 4 aromatic rings. The number of rotatable bonds is 4. The molecule has 0 amide bonds. The highest BCUT2D eigenvalue weighted by Crippen LogP contribution is 2.35. The van der Waals surface area contributed by atoms with E-state index >= 15 is 0 Å². The molecular formula is C22H17F3N4O. The van der Waals surface area contributed by atoms with Gasteiger partial charge in [-0.3, -0.25) is 4.98 Å². The molecule has 0 aliphatic rings. The lowest BCUT2D eigenvalue weighted by atomic mass is 9.99. The van der Waals surface area contributed by atoms with Gasteiger partial charge in [0.2, 0.25) is 5.95 Å². The SMILES string of the molecule is Cc1ccnc(Nc2cc(C(F)(F)F)ccc2Cc2ccc3cccnc3c2O)n1. The van der Waals surface area contributed by atoms with Crippen LogP contribution < -0.4 is 5.32 Å². The second-order valence-electron chi connectivity index (χ2n) is 6.84. The quantitative estimate of drug-likeness (QED) is 0.472. The van der Waals surface area contributed by atoms with Gasteiger partial charge in [-0.25, -0.2) is 9.97 Å². The van der Waals surface area contributed by atoms with Crippen LogP contribution in [0.15, 0.2) is 60.9 Å². The van der Waals surface area contributed by atoms with Gasteiger partial charge in [0, 0.05) is 41.1 Å². The van der Waals surface area contributed by atoms with Crippen LogP contribution in [-0.2, 0) is 12.6 Å². The lowest BCUT2D eigenvalue weighted by Crippen LogP contribution is -2.08. The highest BCUT2D eigenvalue weighted by Gasteiger charge is 2.31. The van der Waals surface area contributed by atoms with Crippen LogP contribution in [0.3, 0.4) is 0 Å². The number of nitrogens with one attached hydrogen (secondary N) is 1. The normalized spacial score (nSPS) is 11.6. The van der Waals surface area contributed by atoms with E-state index in [2.05, 4.69) is 20.3 Å². The van der Waals surface area contributed by atoms with Crippen LogP contribution in [0, 0.1) is 6.92 Å². The smallest absolute Gasteiger partial charge is 0.416 e. The van der Waals surface area contributed by atoms with Crippen molar-refractivity contribution < 1.29 is 18.3 Å². The molecule has 0 saturated carbocycles. The maximum Gasteiger partial charge on any atom is 0.416 e. The summed E-state index contributed by atoms with van der Waals surface area (Å²) in [7, 11) is 0. The molecule has 0 aliphatic carbocycles. The number of benzene rings is 2. The molecule has 4 rings (SSSR count). The number of alkyl halides is 3. The van der Waals surface area contributed by atoms with Gasteiger partial charge in [-0.1, -0.05) is 24.3 Å².